The molecular formula is C17H14F3IN2O2. The van der Waals surface area contributed by atoms with Gasteiger partial charge in [0.15, 0.2) is 0 Å². The Kier molecular flexibility index (Phi) is 6.80. The minimum Gasteiger partial charge on any atom is -0.352 e. The predicted octanol–water partition coefficient (Wildman–Crippen LogP) is 3.86. The van der Waals surface area contributed by atoms with E-state index in [0.717, 1.165) is 12.1 Å². The van der Waals surface area contributed by atoms with Gasteiger partial charge in [0.25, 0.3) is 5.91 Å². The van der Waals surface area contributed by atoms with Gasteiger partial charge in [-0.3, -0.25) is 9.59 Å². The molecule has 25 heavy (non-hydrogen) atoms. The highest BCUT2D eigenvalue weighted by Gasteiger charge is 2.10. The highest BCUT2D eigenvalue weighted by Crippen LogP contribution is 2.20. The molecule has 2 rings (SSSR count). The van der Waals surface area contributed by atoms with Gasteiger partial charge < -0.3 is 10.6 Å². The van der Waals surface area contributed by atoms with E-state index in [9.17, 15) is 22.8 Å². The molecule has 8 heteroatoms. The van der Waals surface area contributed by atoms with Crippen molar-refractivity contribution >= 4 is 40.1 Å². The van der Waals surface area contributed by atoms with Crippen LogP contribution in [0, 0.1) is 21.0 Å². The van der Waals surface area contributed by atoms with Gasteiger partial charge in [0.2, 0.25) is 5.91 Å². The quantitative estimate of drug-likeness (QED) is 0.390. The van der Waals surface area contributed by atoms with E-state index in [-0.39, 0.29) is 28.1 Å². The van der Waals surface area contributed by atoms with Gasteiger partial charge in [-0.2, -0.15) is 0 Å². The normalized spacial score (nSPS) is 10.4. The third kappa shape index (κ3) is 5.73. The van der Waals surface area contributed by atoms with Crippen LogP contribution in [0.4, 0.5) is 18.9 Å². The van der Waals surface area contributed by atoms with Crippen molar-refractivity contribution in [2.75, 3.05) is 11.9 Å². The Morgan fingerprint density at radius 3 is 2.20 bits per heavy atom. The summed E-state index contributed by atoms with van der Waals surface area (Å²) in [6.45, 7) is 0.235. The summed E-state index contributed by atoms with van der Waals surface area (Å²) in [6, 6.07) is 7.16. The van der Waals surface area contributed by atoms with E-state index >= 15 is 0 Å². The number of hydrogen-bond donors (Lipinski definition) is 2. The molecule has 0 aliphatic heterocycles. The number of amides is 2. The Hall–Kier alpha value is -2.10. The van der Waals surface area contributed by atoms with Crippen molar-refractivity contribution < 1.29 is 22.8 Å². The predicted molar refractivity (Wildman–Crippen MR) is 95.7 cm³/mol. The van der Waals surface area contributed by atoms with Crippen LogP contribution >= 0.6 is 22.6 Å². The Balaban J connectivity index is 1.75. The summed E-state index contributed by atoms with van der Waals surface area (Å²) in [7, 11) is 0. The van der Waals surface area contributed by atoms with Crippen molar-refractivity contribution in [3.05, 3.63) is 63.0 Å². The molecule has 0 radical (unpaired) electrons. The Labute approximate surface area is 155 Å². The molecule has 2 N–H and O–H groups in total. The zero-order valence-corrected chi connectivity index (χ0v) is 15.1. The van der Waals surface area contributed by atoms with Crippen molar-refractivity contribution in [3.8, 4) is 0 Å². The van der Waals surface area contributed by atoms with Crippen LogP contribution in [0.1, 0.15) is 23.2 Å². The molecule has 132 valence electrons. The highest BCUT2D eigenvalue weighted by atomic mass is 127. The van der Waals surface area contributed by atoms with Gasteiger partial charge in [-0.15, -0.1) is 0 Å². The maximum absolute atomic E-state index is 13.4. The second-order valence-corrected chi connectivity index (χ2v) is 6.25. The van der Waals surface area contributed by atoms with E-state index in [1.54, 1.807) is 0 Å². The highest BCUT2D eigenvalue weighted by molar-refractivity contribution is 14.1. The summed E-state index contributed by atoms with van der Waals surface area (Å²) in [5.74, 6) is -2.72. The molecule has 0 aliphatic rings. The van der Waals surface area contributed by atoms with E-state index in [2.05, 4.69) is 10.6 Å². The van der Waals surface area contributed by atoms with Crippen LogP contribution < -0.4 is 10.6 Å². The summed E-state index contributed by atoms with van der Waals surface area (Å²) >= 11 is 1.54. The molecule has 2 aromatic carbocycles. The molecule has 0 aliphatic carbocycles. The van der Waals surface area contributed by atoms with Crippen molar-refractivity contribution in [1.29, 1.82) is 0 Å². The van der Waals surface area contributed by atoms with Gasteiger partial charge in [-0.25, -0.2) is 13.2 Å². The molecule has 0 unspecified atom stereocenters. The van der Waals surface area contributed by atoms with Crippen LogP contribution in [-0.4, -0.2) is 18.4 Å². The first-order valence-corrected chi connectivity index (χ1v) is 8.43. The summed E-state index contributed by atoms with van der Waals surface area (Å²) in [5, 5.41) is 5.00. The minimum absolute atomic E-state index is 0.0377. The molecule has 0 atom stereocenters. The lowest BCUT2D eigenvalue weighted by molar-refractivity contribution is -0.116. The van der Waals surface area contributed by atoms with Gasteiger partial charge in [-0.05, 0) is 65.4 Å². The molecule has 0 heterocycles. The first kappa shape index (κ1) is 19.2. The smallest absolute Gasteiger partial charge is 0.251 e. The van der Waals surface area contributed by atoms with E-state index in [0.29, 0.717) is 12.0 Å². The summed E-state index contributed by atoms with van der Waals surface area (Å²) in [6.07, 6.45) is 0.410. The van der Waals surface area contributed by atoms with Gasteiger partial charge in [0.1, 0.15) is 17.5 Å². The molecule has 0 bridgehead atoms. The number of hydrogen-bond acceptors (Lipinski definition) is 2. The molecule has 0 fully saturated rings. The van der Waals surface area contributed by atoms with Crippen LogP contribution in [0.3, 0.4) is 0 Å². The monoisotopic (exact) mass is 462 g/mol. The Bertz CT molecular complexity index is 759. The maximum Gasteiger partial charge on any atom is 0.251 e. The molecule has 0 saturated carbocycles. The van der Waals surface area contributed by atoms with E-state index in [4.69, 9.17) is 0 Å². The van der Waals surface area contributed by atoms with Crippen LogP contribution in [0.5, 0.6) is 0 Å². The molecule has 2 amide bonds. The van der Waals surface area contributed by atoms with E-state index in [1.807, 2.05) is 0 Å². The first-order valence-electron chi connectivity index (χ1n) is 7.35. The fourth-order valence-corrected chi connectivity index (χ4v) is 2.32. The van der Waals surface area contributed by atoms with E-state index in [1.165, 1.54) is 46.9 Å². The number of carbonyl (C=O) groups excluding carboxylic acids is 2. The Morgan fingerprint density at radius 2 is 1.60 bits per heavy atom. The third-order valence-corrected chi connectivity index (χ3v) is 4.27. The van der Waals surface area contributed by atoms with Crippen LogP contribution in [0.25, 0.3) is 0 Å². The number of nitrogens with one attached hydrogen (secondary N) is 2. The van der Waals surface area contributed by atoms with Crippen LogP contribution in [0.15, 0.2) is 36.4 Å². The van der Waals surface area contributed by atoms with Gasteiger partial charge in [0, 0.05) is 24.2 Å². The SMILES string of the molecule is O=C(CCCNC(=O)c1ccc(F)cc1)Nc1cc(F)c(I)c(F)c1. The summed E-state index contributed by atoms with van der Waals surface area (Å²) in [5.41, 5.74) is 0.353. The van der Waals surface area contributed by atoms with Gasteiger partial charge in [0.05, 0.1) is 3.57 Å². The number of benzene rings is 2. The standard InChI is InChI=1S/C17H14F3IN2O2/c18-11-5-3-10(4-6-11)17(25)22-7-1-2-15(24)23-12-8-13(19)16(21)14(20)9-12/h3-6,8-9H,1-2,7H2,(H,22,25)(H,23,24). The number of rotatable bonds is 6. The third-order valence-electron chi connectivity index (χ3n) is 3.24. The zero-order valence-electron chi connectivity index (χ0n) is 12.9. The van der Waals surface area contributed by atoms with Crippen LogP contribution in [0.2, 0.25) is 0 Å². The Morgan fingerprint density at radius 1 is 1.00 bits per heavy atom. The number of carbonyl (C=O) groups is 2. The molecule has 0 spiro atoms. The second kappa shape index (κ2) is 8.84. The lowest BCUT2D eigenvalue weighted by Crippen LogP contribution is -2.25. The molecule has 0 saturated heterocycles. The molecule has 4 nitrogen and oxygen atoms in total. The lowest BCUT2D eigenvalue weighted by atomic mass is 10.2. The fraction of sp³-hybridized carbons (Fsp3) is 0.176. The van der Waals surface area contributed by atoms with E-state index < -0.39 is 23.4 Å². The summed E-state index contributed by atoms with van der Waals surface area (Å²) < 4.78 is 39.4. The first-order chi connectivity index (χ1) is 11.9. The van der Waals surface area contributed by atoms with Crippen molar-refractivity contribution in [3.63, 3.8) is 0 Å². The topological polar surface area (TPSA) is 58.2 Å². The van der Waals surface area contributed by atoms with Crippen molar-refractivity contribution in [1.82, 2.24) is 5.32 Å². The molecule has 0 aromatic heterocycles. The average molecular weight is 462 g/mol. The summed E-state index contributed by atoms with van der Waals surface area (Å²) in [4.78, 5) is 23.5. The van der Waals surface area contributed by atoms with Crippen molar-refractivity contribution in [2.24, 2.45) is 0 Å². The zero-order chi connectivity index (χ0) is 18.4. The minimum atomic E-state index is -0.748. The second-order valence-electron chi connectivity index (χ2n) is 5.17. The largest absolute Gasteiger partial charge is 0.352 e. The number of halogens is 4. The fourth-order valence-electron chi connectivity index (χ4n) is 2.01. The van der Waals surface area contributed by atoms with Crippen LogP contribution in [-0.2, 0) is 4.79 Å². The lowest BCUT2D eigenvalue weighted by Gasteiger charge is -2.08. The average Bonchev–Trinajstić information content (AvgIpc) is 2.57. The maximum atomic E-state index is 13.4. The van der Waals surface area contributed by atoms with Gasteiger partial charge >= 0.3 is 0 Å². The molecular weight excluding hydrogens is 448 g/mol. The molecule has 2 aromatic rings. The van der Waals surface area contributed by atoms with Crippen molar-refractivity contribution in [2.45, 2.75) is 12.8 Å². The van der Waals surface area contributed by atoms with Gasteiger partial charge in [-0.1, -0.05) is 0 Å². The number of anilines is 1.